The van der Waals surface area contributed by atoms with Crippen molar-refractivity contribution in [3.8, 4) is 5.75 Å². The molecule has 0 saturated carbocycles. The molecule has 0 aromatic heterocycles. The highest BCUT2D eigenvalue weighted by molar-refractivity contribution is 5.77. The van der Waals surface area contributed by atoms with Crippen LogP contribution in [0.4, 0.5) is 0 Å². The first kappa shape index (κ1) is 24.2. The summed E-state index contributed by atoms with van der Waals surface area (Å²) in [6, 6.07) is 17.4. The molecule has 0 aliphatic carbocycles. The van der Waals surface area contributed by atoms with Crippen LogP contribution in [0.2, 0.25) is 0 Å². The van der Waals surface area contributed by atoms with Gasteiger partial charge in [0.2, 0.25) is 6.41 Å². The summed E-state index contributed by atoms with van der Waals surface area (Å²) < 4.78 is 10.5. The third kappa shape index (κ3) is 9.79. The van der Waals surface area contributed by atoms with E-state index in [0.717, 1.165) is 23.5 Å². The summed E-state index contributed by atoms with van der Waals surface area (Å²) in [5.41, 5.74) is 2.07. The molecule has 2 atom stereocenters. The van der Waals surface area contributed by atoms with E-state index in [0.29, 0.717) is 18.9 Å². The molecule has 0 aliphatic rings. The lowest BCUT2D eigenvalue weighted by molar-refractivity contribution is -0.142. The van der Waals surface area contributed by atoms with Crippen LogP contribution in [-0.2, 0) is 20.9 Å². The molecule has 0 heterocycles. The molecule has 2 aromatic carbocycles. The Labute approximate surface area is 174 Å². The highest BCUT2D eigenvalue weighted by atomic mass is 16.5. The number of ether oxygens (including phenoxy) is 2. The SMILES string of the molecule is CCCC(C)COc1ccc(C(C)C(=O)OC)cc1.O=CNCc1ccccc1. The molecule has 0 bridgehead atoms. The number of amides is 1. The van der Waals surface area contributed by atoms with Crippen LogP contribution in [-0.4, -0.2) is 26.1 Å². The zero-order valence-electron chi connectivity index (χ0n) is 17.9. The number of methoxy groups -OCH3 is 1. The second-order valence-electron chi connectivity index (χ2n) is 7.00. The molecule has 1 N–H and O–H groups in total. The predicted octanol–water partition coefficient (Wildman–Crippen LogP) is 4.71. The van der Waals surface area contributed by atoms with Crippen molar-refractivity contribution in [3.63, 3.8) is 0 Å². The lowest BCUT2D eigenvalue weighted by Gasteiger charge is -2.13. The van der Waals surface area contributed by atoms with Crippen molar-refractivity contribution in [1.82, 2.24) is 5.32 Å². The molecule has 2 rings (SSSR count). The predicted molar refractivity (Wildman–Crippen MR) is 116 cm³/mol. The van der Waals surface area contributed by atoms with E-state index in [4.69, 9.17) is 9.47 Å². The van der Waals surface area contributed by atoms with Crippen molar-refractivity contribution in [2.45, 2.75) is 46.1 Å². The Morgan fingerprint density at radius 1 is 1.07 bits per heavy atom. The first-order chi connectivity index (χ1) is 14.0. The van der Waals surface area contributed by atoms with Crippen molar-refractivity contribution in [2.24, 2.45) is 5.92 Å². The van der Waals surface area contributed by atoms with E-state index in [2.05, 4.69) is 19.2 Å². The minimum Gasteiger partial charge on any atom is -0.493 e. The van der Waals surface area contributed by atoms with E-state index in [1.165, 1.54) is 20.0 Å². The number of carbonyl (C=O) groups is 2. The topological polar surface area (TPSA) is 64.6 Å². The Morgan fingerprint density at radius 3 is 2.28 bits per heavy atom. The van der Waals surface area contributed by atoms with Crippen molar-refractivity contribution in [2.75, 3.05) is 13.7 Å². The first-order valence-corrected chi connectivity index (χ1v) is 10.0. The highest BCUT2D eigenvalue weighted by Crippen LogP contribution is 2.21. The van der Waals surface area contributed by atoms with Gasteiger partial charge in [0.05, 0.1) is 19.6 Å². The summed E-state index contributed by atoms with van der Waals surface area (Å²) in [7, 11) is 1.41. The van der Waals surface area contributed by atoms with Gasteiger partial charge in [-0.1, -0.05) is 62.7 Å². The molecule has 5 nitrogen and oxygen atoms in total. The molecule has 0 saturated heterocycles. The molecule has 0 spiro atoms. The maximum atomic E-state index is 11.4. The monoisotopic (exact) mass is 399 g/mol. The van der Waals surface area contributed by atoms with Gasteiger partial charge in [-0.2, -0.15) is 0 Å². The Kier molecular flexibility index (Phi) is 11.9. The van der Waals surface area contributed by atoms with Gasteiger partial charge in [-0.05, 0) is 42.5 Å². The van der Waals surface area contributed by atoms with Crippen LogP contribution in [0.15, 0.2) is 54.6 Å². The molecule has 0 fully saturated rings. The van der Waals surface area contributed by atoms with Gasteiger partial charge in [-0.15, -0.1) is 0 Å². The van der Waals surface area contributed by atoms with Crippen LogP contribution < -0.4 is 10.1 Å². The lowest BCUT2D eigenvalue weighted by atomic mass is 10.0. The number of hydrogen-bond donors (Lipinski definition) is 1. The maximum absolute atomic E-state index is 11.4. The average Bonchev–Trinajstić information content (AvgIpc) is 2.77. The van der Waals surface area contributed by atoms with E-state index >= 15 is 0 Å². The molecule has 0 aliphatic heterocycles. The van der Waals surface area contributed by atoms with E-state index in [-0.39, 0.29) is 11.9 Å². The fraction of sp³-hybridized carbons (Fsp3) is 0.417. The Bertz CT molecular complexity index is 701. The molecule has 2 unspecified atom stereocenters. The fourth-order valence-electron chi connectivity index (χ4n) is 2.74. The summed E-state index contributed by atoms with van der Waals surface area (Å²) in [4.78, 5) is 21.3. The summed E-state index contributed by atoms with van der Waals surface area (Å²) >= 11 is 0. The van der Waals surface area contributed by atoms with E-state index < -0.39 is 0 Å². The molecular formula is C24H33NO4. The highest BCUT2D eigenvalue weighted by Gasteiger charge is 2.15. The summed E-state index contributed by atoms with van der Waals surface area (Å²) in [6.07, 6.45) is 3.06. The second-order valence-corrected chi connectivity index (χ2v) is 7.00. The van der Waals surface area contributed by atoms with Crippen molar-refractivity contribution in [1.29, 1.82) is 0 Å². The van der Waals surface area contributed by atoms with Crippen molar-refractivity contribution >= 4 is 12.4 Å². The molecule has 5 heteroatoms. The second kappa shape index (κ2) is 14.2. The van der Waals surface area contributed by atoms with Gasteiger partial charge in [0.25, 0.3) is 0 Å². The summed E-state index contributed by atoms with van der Waals surface area (Å²) in [5, 5.41) is 2.58. The number of rotatable bonds is 10. The number of esters is 1. The van der Waals surface area contributed by atoms with Crippen LogP contribution in [0, 0.1) is 5.92 Å². The molecular weight excluding hydrogens is 366 g/mol. The fourth-order valence-corrected chi connectivity index (χ4v) is 2.74. The minimum absolute atomic E-state index is 0.217. The van der Waals surface area contributed by atoms with Crippen molar-refractivity contribution < 1.29 is 19.1 Å². The zero-order valence-corrected chi connectivity index (χ0v) is 17.9. The van der Waals surface area contributed by atoms with Crippen LogP contribution in [0.3, 0.4) is 0 Å². The minimum atomic E-state index is -0.238. The number of hydrogen-bond acceptors (Lipinski definition) is 4. The van der Waals surface area contributed by atoms with Crippen LogP contribution in [0.5, 0.6) is 5.75 Å². The van der Waals surface area contributed by atoms with E-state index in [9.17, 15) is 9.59 Å². The molecule has 1 amide bonds. The van der Waals surface area contributed by atoms with Crippen LogP contribution in [0.25, 0.3) is 0 Å². The van der Waals surface area contributed by atoms with Gasteiger partial charge in [0.15, 0.2) is 0 Å². The Hall–Kier alpha value is -2.82. The van der Waals surface area contributed by atoms with Gasteiger partial charge in [-0.3, -0.25) is 9.59 Å². The van der Waals surface area contributed by atoms with Gasteiger partial charge in [-0.25, -0.2) is 0 Å². The summed E-state index contributed by atoms with van der Waals surface area (Å²) in [5.74, 6) is 0.964. The first-order valence-electron chi connectivity index (χ1n) is 10.0. The van der Waals surface area contributed by atoms with Crippen LogP contribution in [0.1, 0.15) is 50.7 Å². The Morgan fingerprint density at radius 2 is 1.72 bits per heavy atom. The number of nitrogens with one attached hydrogen (secondary N) is 1. The van der Waals surface area contributed by atoms with Crippen LogP contribution >= 0.6 is 0 Å². The standard InChI is InChI=1S/C16H24O3.C8H9NO/c1-5-6-12(2)11-19-15-9-7-14(8-10-15)13(3)16(17)18-4;10-7-9-6-8-4-2-1-3-5-8/h7-10,12-13H,5-6,11H2,1-4H3;1-5,7H,6H2,(H,9,10). The lowest BCUT2D eigenvalue weighted by Crippen LogP contribution is -2.11. The number of benzene rings is 2. The van der Waals surface area contributed by atoms with Gasteiger partial charge in [0, 0.05) is 6.54 Å². The third-order valence-electron chi connectivity index (χ3n) is 4.48. The van der Waals surface area contributed by atoms with Crippen molar-refractivity contribution in [3.05, 3.63) is 65.7 Å². The Balaban J connectivity index is 0.000000352. The quantitative estimate of drug-likeness (QED) is 0.464. The largest absolute Gasteiger partial charge is 0.493 e. The average molecular weight is 400 g/mol. The normalized spacial score (nSPS) is 12.0. The zero-order chi connectivity index (χ0) is 21.5. The smallest absolute Gasteiger partial charge is 0.312 e. The van der Waals surface area contributed by atoms with E-state index in [1.54, 1.807) is 0 Å². The molecule has 158 valence electrons. The van der Waals surface area contributed by atoms with Gasteiger partial charge < -0.3 is 14.8 Å². The molecule has 29 heavy (non-hydrogen) atoms. The third-order valence-corrected chi connectivity index (χ3v) is 4.48. The maximum Gasteiger partial charge on any atom is 0.312 e. The summed E-state index contributed by atoms with van der Waals surface area (Å²) in [6.45, 7) is 7.56. The van der Waals surface area contributed by atoms with Gasteiger partial charge in [0.1, 0.15) is 5.75 Å². The number of carbonyl (C=O) groups excluding carboxylic acids is 2. The van der Waals surface area contributed by atoms with E-state index in [1.807, 2.05) is 61.5 Å². The van der Waals surface area contributed by atoms with Gasteiger partial charge >= 0.3 is 5.97 Å². The molecule has 0 radical (unpaired) electrons. The molecule has 2 aromatic rings.